The van der Waals surface area contributed by atoms with Crippen LogP contribution in [0.5, 0.6) is 0 Å². The van der Waals surface area contributed by atoms with E-state index in [4.69, 9.17) is 0 Å². The maximum absolute atomic E-state index is 13.1. The van der Waals surface area contributed by atoms with Crippen LogP contribution in [0.25, 0.3) is 21.1 Å². The molecule has 0 fully saturated rings. The highest BCUT2D eigenvalue weighted by molar-refractivity contribution is 7.18. The van der Waals surface area contributed by atoms with E-state index < -0.39 is 5.82 Å². The molecule has 3 aromatic heterocycles. The molecule has 0 atom stereocenters. The number of carbonyl (C=O) groups excluding carboxylic acids is 1. The number of aromatic nitrogens is 3. The standard InChI is InChI=1S/C14H8FN3OS/c15-10-4-9(5-16-6-10)14-17-7-13(20-14)12-3-1-2-11(8-19)18-12/h1-8H. The fraction of sp³-hybridized carbons (Fsp3) is 0. The Labute approximate surface area is 118 Å². The van der Waals surface area contributed by atoms with Crippen LogP contribution in [0.4, 0.5) is 4.39 Å². The van der Waals surface area contributed by atoms with Crippen molar-refractivity contribution in [2.24, 2.45) is 0 Å². The van der Waals surface area contributed by atoms with Crippen LogP contribution in [0.15, 0.2) is 42.9 Å². The summed E-state index contributed by atoms with van der Waals surface area (Å²) in [6, 6.07) is 6.57. The van der Waals surface area contributed by atoms with Crippen molar-refractivity contribution in [1.82, 2.24) is 15.0 Å². The molecule has 0 bridgehead atoms. The number of thiazole rings is 1. The van der Waals surface area contributed by atoms with E-state index in [1.165, 1.54) is 17.4 Å². The van der Waals surface area contributed by atoms with Gasteiger partial charge in [0.15, 0.2) is 6.29 Å². The van der Waals surface area contributed by atoms with E-state index in [9.17, 15) is 9.18 Å². The van der Waals surface area contributed by atoms with E-state index in [0.29, 0.717) is 28.2 Å². The molecule has 3 aromatic rings. The van der Waals surface area contributed by atoms with Gasteiger partial charge in [-0.25, -0.2) is 14.4 Å². The molecule has 0 aliphatic rings. The van der Waals surface area contributed by atoms with Crippen LogP contribution in [0.3, 0.4) is 0 Å². The maximum atomic E-state index is 13.1. The number of nitrogens with zero attached hydrogens (tertiary/aromatic N) is 3. The summed E-state index contributed by atoms with van der Waals surface area (Å²) in [4.78, 5) is 23.8. The van der Waals surface area contributed by atoms with Crippen LogP contribution in [0.2, 0.25) is 0 Å². The number of hydrogen-bond donors (Lipinski definition) is 0. The Morgan fingerprint density at radius 1 is 1.20 bits per heavy atom. The third-order valence-electron chi connectivity index (χ3n) is 2.60. The Bertz CT molecular complexity index is 772. The minimum absolute atomic E-state index is 0.366. The molecule has 98 valence electrons. The molecule has 0 saturated carbocycles. The van der Waals surface area contributed by atoms with Gasteiger partial charge in [-0.05, 0) is 18.2 Å². The van der Waals surface area contributed by atoms with Gasteiger partial charge in [-0.1, -0.05) is 6.07 Å². The summed E-state index contributed by atoms with van der Waals surface area (Å²) in [7, 11) is 0. The highest BCUT2D eigenvalue weighted by Crippen LogP contribution is 2.30. The van der Waals surface area contributed by atoms with Crippen molar-refractivity contribution in [2.45, 2.75) is 0 Å². The number of hydrogen-bond acceptors (Lipinski definition) is 5. The van der Waals surface area contributed by atoms with Gasteiger partial charge in [-0.15, -0.1) is 11.3 Å². The number of pyridine rings is 2. The summed E-state index contributed by atoms with van der Waals surface area (Å²) in [6.07, 6.45) is 5.05. The van der Waals surface area contributed by atoms with E-state index in [0.717, 1.165) is 11.1 Å². The monoisotopic (exact) mass is 285 g/mol. The average molecular weight is 285 g/mol. The molecule has 4 nitrogen and oxygen atoms in total. The molecule has 0 spiro atoms. The van der Waals surface area contributed by atoms with Gasteiger partial charge in [0.1, 0.15) is 16.5 Å². The average Bonchev–Trinajstić information content (AvgIpc) is 2.97. The second-order valence-corrected chi connectivity index (χ2v) is 5.02. The first-order chi connectivity index (χ1) is 9.76. The van der Waals surface area contributed by atoms with E-state index in [-0.39, 0.29) is 0 Å². The summed E-state index contributed by atoms with van der Waals surface area (Å²) in [5, 5.41) is 0.658. The zero-order chi connectivity index (χ0) is 13.9. The second kappa shape index (κ2) is 5.26. The molecule has 3 rings (SSSR count). The lowest BCUT2D eigenvalue weighted by atomic mass is 10.3. The summed E-state index contributed by atoms with van der Waals surface area (Å²) < 4.78 is 13.1. The molecule has 0 radical (unpaired) electrons. The van der Waals surface area contributed by atoms with E-state index in [1.807, 2.05) is 0 Å². The van der Waals surface area contributed by atoms with Gasteiger partial charge in [0.2, 0.25) is 0 Å². The number of halogens is 1. The van der Waals surface area contributed by atoms with Gasteiger partial charge < -0.3 is 0 Å². The molecular formula is C14H8FN3OS. The lowest BCUT2D eigenvalue weighted by Gasteiger charge is -1.96. The molecule has 20 heavy (non-hydrogen) atoms. The van der Waals surface area contributed by atoms with Crippen LogP contribution >= 0.6 is 11.3 Å². The topological polar surface area (TPSA) is 55.7 Å². The molecule has 0 aliphatic heterocycles. The van der Waals surface area contributed by atoms with Crippen LogP contribution in [0, 0.1) is 5.82 Å². The molecule has 0 aromatic carbocycles. The molecule has 0 N–H and O–H groups in total. The number of aldehydes is 1. The first kappa shape index (κ1) is 12.6. The van der Waals surface area contributed by atoms with Crippen LogP contribution in [0.1, 0.15) is 10.5 Å². The predicted octanol–water partition coefficient (Wildman–Crippen LogP) is 3.22. The van der Waals surface area contributed by atoms with Crippen molar-refractivity contribution in [2.75, 3.05) is 0 Å². The summed E-state index contributed by atoms with van der Waals surface area (Å²) in [6.45, 7) is 0. The minimum atomic E-state index is -0.402. The summed E-state index contributed by atoms with van der Waals surface area (Å²) >= 11 is 1.37. The molecule has 6 heteroatoms. The summed E-state index contributed by atoms with van der Waals surface area (Å²) in [5.74, 6) is -0.402. The lowest BCUT2D eigenvalue weighted by Crippen LogP contribution is -1.87. The van der Waals surface area contributed by atoms with Gasteiger partial charge in [0.25, 0.3) is 0 Å². The van der Waals surface area contributed by atoms with Crippen molar-refractivity contribution in [3.8, 4) is 21.1 Å². The van der Waals surface area contributed by atoms with E-state index in [2.05, 4.69) is 15.0 Å². The quantitative estimate of drug-likeness (QED) is 0.693. The van der Waals surface area contributed by atoms with Gasteiger partial charge in [0.05, 0.1) is 16.8 Å². The third kappa shape index (κ3) is 2.46. The normalized spacial score (nSPS) is 10.4. The lowest BCUT2D eigenvalue weighted by molar-refractivity contribution is 0.111. The first-order valence-corrected chi connectivity index (χ1v) is 6.57. The van der Waals surface area contributed by atoms with E-state index in [1.54, 1.807) is 30.6 Å². The fourth-order valence-corrected chi connectivity index (χ4v) is 2.58. The zero-order valence-electron chi connectivity index (χ0n) is 10.2. The summed E-state index contributed by atoms with van der Waals surface area (Å²) in [5.41, 5.74) is 1.65. The maximum Gasteiger partial charge on any atom is 0.168 e. The van der Waals surface area contributed by atoms with Crippen molar-refractivity contribution >= 4 is 17.6 Å². The molecule has 0 saturated heterocycles. The third-order valence-corrected chi connectivity index (χ3v) is 3.67. The Hall–Kier alpha value is -2.47. The van der Waals surface area contributed by atoms with Crippen molar-refractivity contribution < 1.29 is 9.18 Å². The molecule has 0 aliphatic carbocycles. The van der Waals surface area contributed by atoms with Crippen molar-refractivity contribution in [3.05, 3.63) is 54.4 Å². The van der Waals surface area contributed by atoms with Gasteiger partial charge in [-0.2, -0.15) is 0 Å². The Balaban J connectivity index is 1.99. The highest BCUT2D eigenvalue weighted by Gasteiger charge is 2.09. The Morgan fingerprint density at radius 2 is 2.10 bits per heavy atom. The SMILES string of the molecule is O=Cc1cccc(-c2cnc(-c3cncc(F)c3)s2)n1. The molecule has 3 heterocycles. The first-order valence-electron chi connectivity index (χ1n) is 5.75. The van der Waals surface area contributed by atoms with Crippen LogP contribution < -0.4 is 0 Å². The Kier molecular flexibility index (Phi) is 3.30. The predicted molar refractivity (Wildman–Crippen MR) is 73.9 cm³/mol. The van der Waals surface area contributed by atoms with Crippen LogP contribution in [-0.4, -0.2) is 21.2 Å². The van der Waals surface area contributed by atoms with Gasteiger partial charge in [0, 0.05) is 18.0 Å². The largest absolute Gasteiger partial charge is 0.296 e. The van der Waals surface area contributed by atoms with Crippen molar-refractivity contribution in [3.63, 3.8) is 0 Å². The number of rotatable bonds is 3. The molecule has 0 unspecified atom stereocenters. The zero-order valence-corrected chi connectivity index (χ0v) is 11.0. The smallest absolute Gasteiger partial charge is 0.168 e. The molecular weight excluding hydrogens is 277 g/mol. The second-order valence-electron chi connectivity index (χ2n) is 3.99. The fourth-order valence-electron chi connectivity index (χ4n) is 1.71. The Morgan fingerprint density at radius 3 is 2.90 bits per heavy atom. The highest BCUT2D eigenvalue weighted by atomic mass is 32.1. The van der Waals surface area contributed by atoms with E-state index >= 15 is 0 Å². The van der Waals surface area contributed by atoms with Gasteiger partial charge >= 0.3 is 0 Å². The van der Waals surface area contributed by atoms with Crippen molar-refractivity contribution in [1.29, 1.82) is 0 Å². The van der Waals surface area contributed by atoms with Crippen LogP contribution in [-0.2, 0) is 0 Å². The molecule has 0 amide bonds. The number of carbonyl (C=O) groups is 1. The van der Waals surface area contributed by atoms with Gasteiger partial charge in [-0.3, -0.25) is 9.78 Å². The minimum Gasteiger partial charge on any atom is -0.296 e.